The van der Waals surface area contributed by atoms with Gasteiger partial charge in [-0.2, -0.15) is 0 Å². The Morgan fingerprint density at radius 1 is 0.333 bits per heavy atom. The van der Waals surface area contributed by atoms with Crippen molar-refractivity contribution in [3.05, 3.63) is 180 Å². The van der Waals surface area contributed by atoms with Crippen LogP contribution in [0, 0.1) is 0 Å². The third-order valence-corrected chi connectivity index (χ3v) is 11.4. The molecule has 220 valence electrons. The second-order valence-electron chi connectivity index (χ2n) is 13.5. The molecule has 12 rings (SSSR count). The highest BCUT2D eigenvalue weighted by Crippen LogP contribution is 2.66. The maximum absolute atomic E-state index is 6.23. The highest BCUT2D eigenvalue weighted by Gasteiger charge is 2.53. The lowest BCUT2D eigenvalue weighted by molar-refractivity contribution is 0.669. The molecular formula is C47H26O. The molecule has 3 aliphatic carbocycles. The molecule has 1 spiro atoms. The van der Waals surface area contributed by atoms with Gasteiger partial charge in [0.05, 0.1) is 5.41 Å². The Kier molecular flexibility index (Phi) is 4.47. The standard InChI is InChI=1S/C47H26O/c1-2-12-30-29(11-1)32-17-9-18-35-44(32)37(30)26-41-46(35)34-15-4-7-20-39(34)47(41)38-19-6-3-14-33(38)45-28(16-10-21-40(45)47)27-23-24-43-36(25-27)31-13-5-8-22-42(31)48-43/h1-26H. The average molecular weight is 607 g/mol. The molecule has 0 fully saturated rings. The molecule has 1 heteroatoms. The first-order chi connectivity index (χ1) is 23.8. The minimum Gasteiger partial charge on any atom is -0.456 e. The predicted molar refractivity (Wildman–Crippen MR) is 197 cm³/mol. The summed E-state index contributed by atoms with van der Waals surface area (Å²) in [6, 6.07) is 58.7. The molecule has 1 aromatic heterocycles. The summed E-state index contributed by atoms with van der Waals surface area (Å²) in [7, 11) is 0. The van der Waals surface area contributed by atoms with Gasteiger partial charge in [0.25, 0.3) is 0 Å². The van der Waals surface area contributed by atoms with Crippen LogP contribution >= 0.6 is 0 Å². The van der Waals surface area contributed by atoms with Crippen LogP contribution in [0.15, 0.2) is 162 Å². The second kappa shape index (κ2) is 8.59. The van der Waals surface area contributed by atoms with Crippen molar-refractivity contribution in [1.82, 2.24) is 0 Å². The van der Waals surface area contributed by atoms with Gasteiger partial charge < -0.3 is 4.42 Å². The van der Waals surface area contributed by atoms with E-state index in [1.54, 1.807) is 0 Å². The van der Waals surface area contributed by atoms with Crippen molar-refractivity contribution in [2.75, 3.05) is 0 Å². The molecule has 1 unspecified atom stereocenters. The molecule has 8 aromatic carbocycles. The van der Waals surface area contributed by atoms with E-state index >= 15 is 0 Å². The molecule has 0 N–H and O–H groups in total. The third-order valence-electron chi connectivity index (χ3n) is 11.4. The summed E-state index contributed by atoms with van der Waals surface area (Å²) < 4.78 is 6.23. The molecule has 0 saturated heterocycles. The van der Waals surface area contributed by atoms with Crippen LogP contribution in [0.2, 0.25) is 0 Å². The first kappa shape index (κ1) is 25.0. The van der Waals surface area contributed by atoms with Crippen LogP contribution in [0.1, 0.15) is 22.3 Å². The fourth-order valence-corrected chi connectivity index (χ4v) is 9.68. The van der Waals surface area contributed by atoms with Gasteiger partial charge in [0.2, 0.25) is 0 Å². The molecule has 0 radical (unpaired) electrons. The van der Waals surface area contributed by atoms with Crippen LogP contribution in [-0.4, -0.2) is 0 Å². The average Bonchev–Trinajstić information content (AvgIpc) is 3.86. The fourth-order valence-electron chi connectivity index (χ4n) is 9.68. The van der Waals surface area contributed by atoms with Crippen LogP contribution in [0.4, 0.5) is 0 Å². The van der Waals surface area contributed by atoms with E-state index in [4.69, 9.17) is 4.42 Å². The Labute approximate surface area is 277 Å². The van der Waals surface area contributed by atoms with E-state index < -0.39 is 5.41 Å². The largest absolute Gasteiger partial charge is 0.456 e. The van der Waals surface area contributed by atoms with Gasteiger partial charge in [-0.3, -0.25) is 0 Å². The Balaban J connectivity index is 1.22. The number of hydrogen-bond donors (Lipinski definition) is 0. The summed E-state index contributed by atoms with van der Waals surface area (Å²) >= 11 is 0. The first-order valence-electron chi connectivity index (χ1n) is 16.8. The molecule has 9 aromatic rings. The topological polar surface area (TPSA) is 13.1 Å². The number of furan rings is 1. The Morgan fingerprint density at radius 2 is 0.917 bits per heavy atom. The van der Waals surface area contributed by atoms with Crippen LogP contribution in [0.3, 0.4) is 0 Å². The van der Waals surface area contributed by atoms with Crippen molar-refractivity contribution in [2.24, 2.45) is 0 Å². The number of benzene rings is 8. The van der Waals surface area contributed by atoms with Gasteiger partial charge in [-0.15, -0.1) is 0 Å². The molecular weight excluding hydrogens is 581 g/mol. The van der Waals surface area contributed by atoms with Crippen LogP contribution < -0.4 is 0 Å². The molecule has 0 saturated carbocycles. The summed E-state index contributed by atoms with van der Waals surface area (Å²) in [4.78, 5) is 0. The lowest BCUT2D eigenvalue weighted by Crippen LogP contribution is -2.26. The molecule has 1 heterocycles. The van der Waals surface area contributed by atoms with E-state index in [1.165, 1.54) is 88.7 Å². The molecule has 0 amide bonds. The monoisotopic (exact) mass is 606 g/mol. The normalized spacial score (nSPS) is 16.0. The van der Waals surface area contributed by atoms with Gasteiger partial charge in [-0.25, -0.2) is 0 Å². The molecule has 48 heavy (non-hydrogen) atoms. The Morgan fingerprint density at radius 3 is 1.75 bits per heavy atom. The summed E-state index contributed by atoms with van der Waals surface area (Å²) in [6.07, 6.45) is 0. The quantitative estimate of drug-likeness (QED) is 0.181. The Bertz CT molecular complexity index is 2900. The molecule has 1 atom stereocenters. The highest BCUT2D eigenvalue weighted by atomic mass is 16.3. The lowest BCUT2D eigenvalue weighted by atomic mass is 9.70. The van der Waals surface area contributed by atoms with Crippen molar-refractivity contribution in [1.29, 1.82) is 0 Å². The molecule has 3 aliphatic rings. The van der Waals surface area contributed by atoms with Gasteiger partial charge in [0.1, 0.15) is 11.2 Å². The number of rotatable bonds is 1. The first-order valence-corrected chi connectivity index (χ1v) is 16.8. The molecule has 0 aliphatic heterocycles. The molecule has 1 nitrogen and oxygen atoms in total. The third kappa shape index (κ3) is 2.78. The van der Waals surface area contributed by atoms with Crippen LogP contribution in [0.25, 0.3) is 88.3 Å². The maximum atomic E-state index is 6.23. The van der Waals surface area contributed by atoms with Gasteiger partial charge in [0.15, 0.2) is 0 Å². The summed E-state index contributed by atoms with van der Waals surface area (Å²) in [6.45, 7) is 0. The van der Waals surface area contributed by atoms with Crippen LogP contribution in [-0.2, 0) is 5.41 Å². The minimum absolute atomic E-state index is 0.432. The van der Waals surface area contributed by atoms with Crippen molar-refractivity contribution >= 4 is 32.7 Å². The van der Waals surface area contributed by atoms with E-state index in [1.807, 2.05) is 6.07 Å². The van der Waals surface area contributed by atoms with Crippen molar-refractivity contribution in [3.8, 4) is 55.6 Å². The van der Waals surface area contributed by atoms with Crippen molar-refractivity contribution < 1.29 is 4.42 Å². The van der Waals surface area contributed by atoms with E-state index in [9.17, 15) is 0 Å². The minimum atomic E-state index is -0.432. The fraction of sp³-hybridized carbons (Fsp3) is 0.0213. The Hall–Kier alpha value is -6.18. The van der Waals surface area contributed by atoms with Gasteiger partial charge in [-0.05, 0) is 113 Å². The van der Waals surface area contributed by atoms with E-state index in [-0.39, 0.29) is 0 Å². The van der Waals surface area contributed by atoms with Crippen molar-refractivity contribution in [3.63, 3.8) is 0 Å². The smallest absolute Gasteiger partial charge is 0.135 e. The van der Waals surface area contributed by atoms with E-state index in [0.717, 1.165) is 21.9 Å². The maximum Gasteiger partial charge on any atom is 0.135 e. The van der Waals surface area contributed by atoms with Gasteiger partial charge in [-0.1, -0.05) is 133 Å². The van der Waals surface area contributed by atoms with E-state index in [2.05, 4.69) is 152 Å². The van der Waals surface area contributed by atoms with Gasteiger partial charge >= 0.3 is 0 Å². The predicted octanol–water partition coefficient (Wildman–Crippen LogP) is 12.4. The summed E-state index contributed by atoms with van der Waals surface area (Å²) in [5, 5.41) is 5.04. The highest BCUT2D eigenvalue weighted by molar-refractivity contribution is 6.21. The zero-order chi connectivity index (χ0) is 31.1. The summed E-state index contributed by atoms with van der Waals surface area (Å²) in [5.74, 6) is 0. The lowest BCUT2D eigenvalue weighted by Gasteiger charge is -2.31. The van der Waals surface area contributed by atoms with Gasteiger partial charge in [0, 0.05) is 10.8 Å². The second-order valence-corrected chi connectivity index (χ2v) is 13.5. The number of hydrogen-bond acceptors (Lipinski definition) is 1. The summed E-state index contributed by atoms with van der Waals surface area (Å²) in [5.41, 5.74) is 20.1. The number of para-hydroxylation sites is 1. The zero-order valence-electron chi connectivity index (χ0n) is 25.9. The van der Waals surface area contributed by atoms with Crippen LogP contribution in [0.5, 0.6) is 0 Å². The zero-order valence-corrected chi connectivity index (χ0v) is 25.9. The number of fused-ring (bicyclic) bond motifs is 17. The molecule has 0 bridgehead atoms. The van der Waals surface area contributed by atoms with Crippen molar-refractivity contribution in [2.45, 2.75) is 5.41 Å². The SMILES string of the molecule is c1ccc2c(c1)-c1cccc3c4c(cc-2c13)C1(c2ccccc2-c2c(-c3ccc5oc6ccccc6c5c3)cccc21)c1ccccc1-4. The van der Waals surface area contributed by atoms with E-state index in [0.29, 0.717) is 0 Å².